The van der Waals surface area contributed by atoms with Crippen LogP contribution in [0.25, 0.3) is 0 Å². The highest BCUT2D eigenvalue weighted by Gasteiger charge is 2.30. The minimum absolute atomic E-state index is 0.125. The first-order valence-electron chi connectivity index (χ1n) is 5.19. The van der Waals surface area contributed by atoms with Crippen LogP contribution in [0.1, 0.15) is 33.1 Å². The van der Waals surface area contributed by atoms with Crippen LogP contribution in [0.5, 0.6) is 0 Å². The Morgan fingerprint density at radius 2 is 1.79 bits per heavy atom. The molecule has 0 unspecified atom stereocenters. The molecule has 1 spiro atoms. The smallest absolute Gasteiger partial charge is 0.178 e. The van der Waals surface area contributed by atoms with Gasteiger partial charge in [-0.05, 0) is 45.3 Å². The molecular formula is C13H16O. The van der Waals surface area contributed by atoms with Gasteiger partial charge in [0.25, 0.3) is 0 Å². The zero-order valence-electron chi connectivity index (χ0n) is 8.84. The summed E-state index contributed by atoms with van der Waals surface area (Å²) in [5, 5.41) is 0. The summed E-state index contributed by atoms with van der Waals surface area (Å²) >= 11 is 0. The van der Waals surface area contributed by atoms with E-state index in [1.54, 1.807) is 12.2 Å². The van der Waals surface area contributed by atoms with Crippen molar-refractivity contribution in [2.24, 2.45) is 5.41 Å². The molecule has 2 aliphatic rings. The molecule has 0 fully saturated rings. The molecule has 2 rings (SSSR count). The third-order valence-corrected chi connectivity index (χ3v) is 3.45. The van der Waals surface area contributed by atoms with E-state index in [-0.39, 0.29) is 11.2 Å². The van der Waals surface area contributed by atoms with Crippen LogP contribution in [0.15, 0.2) is 35.5 Å². The predicted molar refractivity (Wildman–Crippen MR) is 57.9 cm³/mol. The summed E-state index contributed by atoms with van der Waals surface area (Å²) in [5.41, 5.74) is 3.16. The van der Waals surface area contributed by atoms with Crippen molar-refractivity contribution in [3.63, 3.8) is 0 Å². The van der Waals surface area contributed by atoms with E-state index >= 15 is 0 Å². The highest BCUT2D eigenvalue weighted by molar-refractivity contribution is 6.00. The van der Waals surface area contributed by atoms with E-state index in [2.05, 4.69) is 26.0 Å². The van der Waals surface area contributed by atoms with Gasteiger partial charge in [0.2, 0.25) is 0 Å². The standard InChI is InChI=1S/C13H16O/c1-10-3-6-13(9-11(10)2)7-4-12(14)5-8-13/h4-5,7-8H,3,6,9H2,1-2H3. The van der Waals surface area contributed by atoms with E-state index in [1.807, 2.05) is 0 Å². The minimum atomic E-state index is 0.125. The maximum atomic E-state index is 11.0. The third kappa shape index (κ3) is 1.59. The first-order valence-corrected chi connectivity index (χ1v) is 5.19. The van der Waals surface area contributed by atoms with Gasteiger partial charge >= 0.3 is 0 Å². The van der Waals surface area contributed by atoms with Gasteiger partial charge in [0.1, 0.15) is 0 Å². The van der Waals surface area contributed by atoms with Gasteiger partial charge in [-0.3, -0.25) is 4.79 Å². The highest BCUT2D eigenvalue weighted by atomic mass is 16.1. The topological polar surface area (TPSA) is 17.1 Å². The van der Waals surface area contributed by atoms with Crippen molar-refractivity contribution in [2.45, 2.75) is 33.1 Å². The number of hydrogen-bond acceptors (Lipinski definition) is 1. The van der Waals surface area contributed by atoms with Gasteiger partial charge in [-0.15, -0.1) is 0 Å². The number of carbonyl (C=O) groups is 1. The van der Waals surface area contributed by atoms with Crippen LogP contribution in [0.2, 0.25) is 0 Å². The zero-order chi connectivity index (χ0) is 10.2. The van der Waals surface area contributed by atoms with Crippen molar-refractivity contribution < 1.29 is 4.79 Å². The maximum Gasteiger partial charge on any atom is 0.178 e. The molecule has 0 saturated heterocycles. The highest BCUT2D eigenvalue weighted by Crippen LogP contribution is 2.42. The molecule has 2 aliphatic carbocycles. The normalized spacial score (nSPS) is 24.9. The van der Waals surface area contributed by atoms with Crippen molar-refractivity contribution in [2.75, 3.05) is 0 Å². The van der Waals surface area contributed by atoms with Crippen molar-refractivity contribution in [3.05, 3.63) is 35.5 Å². The summed E-state index contributed by atoms with van der Waals surface area (Å²) in [6.07, 6.45) is 11.0. The van der Waals surface area contributed by atoms with E-state index in [9.17, 15) is 4.79 Å². The van der Waals surface area contributed by atoms with E-state index in [0.29, 0.717) is 0 Å². The van der Waals surface area contributed by atoms with Gasteiger partial charge in [0.15, 0.2) is 5.78 Å². The quantitative estimate of drug-likeness (QED) is 0.533. The molecule has 1 nitrogen and oxygen atoms in total. The number of carbonyl (C=O) groups excluding carboxylic acids is 1. The Hall–Kier alpha value is -1.11. The molecular weight excluding hydrogens is 172 g/mol. The van der Waals surface area contributed by atoms with E-state index in [4.69, 9.17) is 0 Å². The van der Waals surface area contributed by atoms with Crippen LogP contribution in [0.4, 0.5) is 0 Å². The minimum Gasteiger partial charge on any atom is -0.290 e. The second-order valence-electron chi connectivity index (χ2n) is 4.54. The molecule has 0 aromatic carbocycles. The fourth-order valence-electron chi connectivity index (χ4n) is 2.26. The van der Waals surface area contributed by atoms with Crippen molar-refractivity contribution >= 4 is 5.78 Å². The average Bonchev–Trinajstić information content (AvgIpc) is 2.18. The molecule has 0 aromatic rings. The lowest BCUT2D eigenvalue weighted by Crippen LogP contribution is -2.22. The van der Waals surface area contributed by atoms with Crippen LogP contribution in [-0.4, -0.2) is 5.78 Å². The predicted octanol–water partition coefficient (Wildman–Crippen LogP) is 3.19. The molecule has 0 aliphatic heterocycles. The zero-order valence-corrected chi connectivity index (χ0v) is 8.84. The number of ketones is 1. The molecule has 74 valence electrons. The third-order valence-electron chi connectivity index (χ3n) is 3.45. The first-order chi connectivity index (χ1) is 6.61. The van der Waals surface area contributed by atoms with Gasteiger partial charge < -0.3 is 0 Å². The molecule has 0 atom stereocenters. The maximum absolute atomic E-state index is 11.0. The summed E-state index contributed by atoms with van der Waals surface area (Å²) in [5.74, 6) is 0.125. The molecule has 0 heterocycles. The SMILES string of the molecule is CC1=C(C)CC2(C=CC(=O)C=C2)CC1. The summed E-state index contributed by atoms with van der Waals surface area (Å²) < 4.78 is 0. The Morgan fingerprint density at radius 1 is 1.14 bits per heavy atom. The lowest BCUT2D eigenvalue weighted by Gasteiger charge is -2.34. The molecule has 0 radical (unpaired) electrons. The van der Waals surface area contributed by atoms with Gasteiger partial charge in [-0.2, -0.15) is 0 Å². The molecule has 0 saturated carbocycles. The molecule has 0 aromatic heterocycles. The largest absolute Gasteiger partial charge is 0.290 e. The fourth-order valence-corrected chi connectivity index (χ4v) is 2.26. The Morgan fingerprint density at radius 3 is 2.36 bits per heavy atom. The molecule has 0 amide bonds. The Kier molecular flexibility index (Phi) is 2.18. The second kappa shape index (κ2) is 3.23. The number of allylic oxidation sites excluding steroid dienone is 6. The first kappa shape index (κ1) is 9.45. The van der Waals surface area contributed by atoms with Gasteiger partial charge in [-0.25, -0.2) is 0 Å². The van der Waals surface area contributed by atoms with Crippen LogP contribution in [-0.2, 0) is 4.79 Å². The van der Waals surface area contributed by atoms with E-state index in [0.717, 1.165) is 19.3 Å². The average molecular weight is 188 g/mol. The summed E-state index contributed by atoms with van der Waals surface area (Å²) in [6.45, 7) is 4.41. The van der Waals surface area contributed by atoms with Crippen molar-refractivity contribution in [3.8, 4) is 0 Å². The summed E-state index contributed by atoms with van der Waals surface area (Å²) in [4.78, 5) is 11.0. The monoisotopic (exact) mass is 188 g/mol. The van der Waals surface area contributed by atoms with E-state index < -0.39 is 0 Å². The fraction of sp³-hybridized carbons (Fsp3) is 0.462. The number of rotatable bonds is 0. The molecule has 0 N–H and O–H groups in total. The molecule has 14 heavy (non-hydrogen) atoms. The van der Waals surface area contributed by atoms with Crippen LogP contribution < -0.4 is 0 Å². The van der Waals surface area contributed by atoms with Gasteiger partial charge in [0, 0.05) is 5.41 Å². The van der Waals surface area contributed by atoms with E-state index in [1.165, 1.54) is 11.1 Å². The van der Waals surface area contributed by atoms with Crippen molar-refractivity contribution in [1.82, 2.24) is 0 Å². The molecule has 0 bridgehead atoms. The molecule has 1 heteroatoms. The summed E-state index contributed by atoms with van der Waals surface area (Å²) in [6, 6.07) is 0. The number of hydrogen-bond donors (Lipinski definition) is 0. The van der Waals surface area contributed by atoms with Crippen LogP contribution >= 0.6 is 0 Å². The Labute approximate surface area is 85.2 Å². The Bertz CT molecular complexity index is 339. The second-order valence-corrected chi connectivity index (χ2v) is 4.54. The van der Waals surface area contributed by atoms with Crippen LogP contribution in [0.3, 0.4) is 0 Å². The van der Waals surface area contributed by atoms with Crippen molar-refractivity contribution in [1.29, 1.82) is 0 Å². The van der Waals surface area contributed by atoms with Gasteiger partial charge in [-0.1, -0.05) is 23.3 Å². The van der Waals surface area contributed by atoms with Gasteiger partial charge in [0.05, 0.1) is 0 Å². The lowest BCUT2D eigenvalue weighted by molar-refractivity contribution is -0.110. The van der Waals surface area contributed by atoms with Crippen LogP contribution in [0, 0.1) is 5.41 Å². The summed E-state index contributed by atoms with van der Waals surface area (Å²) in [7, 11) is 0. The Balaban J connectivity index is 2.25. The lowest BCUT2D eigenvalue weighted by atomic mass is 9.70.